The zero-order valence-electron chi connectivity index (χ0n) is 13.2. The van der Waals surface area contributed by atoms with Gasteiger partial charge >= 0.3 is 0 Å². The average molecular weight is 364 g/mol. The normalized spacial score (nSPS) is 17.2. The van der Waals surface area contributed by atoms with Gasteiger partial charge in [0.2, 0.25) is 16.9 Å². The molecule has 1 aliphatic rings. The van der Waals surface area contributed by atoms with E-state index in [2.05, 4.69) is 15.5 Å². The van der Waals surface area contributed by atoms with Crippen LogP contribution < -0.4 is 15.0 Å². The Balaban J connectivity index is 1.65. The molecule has 1 aliphatic heterocycles. The lowest BCUT2D eigenvalue weighted by atomic mass is 10.1. The Labute approximate surface area is 147 Å². The van der Waals surface area contributed by atoms with Crippen molar-refractivity contribution in [1.29, 1.82) is 0 Å². The van der Waals surface area contributed by atoms with Gasteiger partial charge in [-0.05, 0) is 30.5 Å². The van der Waals surface area contributed by atoms with Crippen molar-refractivity contribution in [2.45, 2.75) is 10.8 Å². The zero-order valence-corrected chi connectivity index (χ0v) is 14.8. The second kappa shape index (κ2) is 7.18. The summed E-state index contributed by atoms with van der Waals surface area (Å²) < 4.78 is 5.90. The first kappa shape index (κ1) is 16.7. The smallest absolute Gasteiger partial charge is 0.231 e. The SMILES string of the molecule is COc1ccc(N2C[C@H](C(=O)Nc3nnc(SC)s3)CC2=O)cc1. The quantitative estimate of drug-likeness (QED) is 0.647. The number of rotatable bonds is 5. The summed E-state index contributed by atoms with van der Waals surface area (Å²) in [7, 11) is 1.59. The molecule has 24 heavy (non-hydrogen) atoms. The largest absolute Gasteiger partial charge is 0.497 e. The lowest BCUT2D eigenvalue weighted by Crippen LogP contribution is -2.28. The highest BCUT2D eigenvalue weighted by molar-refractivity contribution is 8.00. The highest BCUT2D eigenvalue weighted by Gasteiger charge is 2.35. The van der Waals surface area contributed by atoms with E-state index in [-0.39, 0.29) is 18.2 Å². The number of anilines is 2. The van der Waals surface area contributed by atoms with Gasteiger partial charge in [-0.3, -0.25) is 9.59 Å². The van der Waals surface area contributed by atoms with Gasteiger partial charge in [-0.1, -0.05) is 23.1 Å². The molecular weight excluding hydrogens is 348 g/mol. The first-order valence-electron chi connectivity index (χ1n) is 7.23. The minimum absolute atomic E-state index is 0.0672. The summed E-state index contributed by atoms with van der Waals surface area (Å²) in [4.78, 5) is 26.2. The molecule has 2 amide bonds. The number of hydrogen-bond acceptors (Lipinski definition) is 7. The summed E-state index contributed by atoms with van der Waals surface area (Å²) in [6.07, 6.45) is 2.08. The van der Waals surface area contributed by atoms with Crippen LogP contribution in [-0.2, 0) is 9.59 Å². The van der Waals surface area contributed by atoms with Crippen LogP contribution in [0.1, 0.15) is 6.42 Å². The van der Waals surface area contributed by atoms with Gasteiger partial charge in [-0.25, -0.2) is 0 Å². The van der Waals surface area contributed by atoms with Crippen molar-refractivity contribution in [1.82, 2.24) is 10.2 Å². The maximum Gasteiger partial charge on any atom is 0.231 e. The molecule has 1 N–H and O–H groups in total. The number of hydrogen-bond donors (Lipinski definition) is 1. The van der Waals surface area contributed by atoms with E-state index in [9.17, 15) is 9.59 Å². The second-order valence-corrected chi connectivity index (χ2v) is 7.20. The third kappa shape index (κ3) is 3.51. The van der Waals surface area contributed by atoms with Crippen LogP contribution in [0, 0.1) is 5.92 Å². The lowest BCUT2D eigenvalue weighted by Gasteiger charge is -2.16. The Morgan fingerprint density at radius 1 is 1.38 bits per heavy atom. The zero-order chi connectivity index (χ0) is 17.1. The number of ether oxygens (including phenoxy) is 1. The molecule has 0 saturated carbocycles. The van der Waals surface area contributed by atoms with E-state index < -0.39 is 5.92 Å². The van der Waals surface area contributed by atoms with Gasteiger partial charge in [0.25, 0.3) is 0 Å². The van der Waals surface area contributed by atoms with Crippen molar-refractivity contribution < 1.29 is 14.3 Å². The number of benzene rings is 1. The van der Waals surface area contributed by atoms with Crippen LogP contribution >= 0.6 is 23.1 Å². The van der Waals surface area contributed by atoms with Crippen LogP contribution in [0.2, 0.25) is 0 Å². The Hall–Kier alpha value is -2.13. The minimum atomic E-state index is -0.402. The van der Waals surface area contributed by atoms with E-state index >= 15 is 0 Å². The molecule has 1 atom stereocenters. The molecule has 7 nitrogen and oxygen atoms in total. The molecule has 1 aromatic carbocycles. The fourth-order valence-electron chi connectivity index (χ4n) is 2.45. The standard InChI is InChI=1S/C15H16N4O3S2/c1-22-11-5-3-10(4-6-11)19-8-9(7-12(19)20)13(21)16-14-17-18-15(23-2)24-14/h3-6,9H,7-8H2,1-2H3,(H,16,17,21)/t9-/m1/s1. The predicted octanol–water partition coefficient (Wildman–Crippen LogP) is 2.26. The average Bonchev–Trinajstić information content (AvgIpc) is 3.21. The van der Waals surface area contributed by atoms with Crippen molar-refractivity contribution in [3.8, 4) is 5.75 Å². The number of carbonyl (C=O) groups is 2. The summed E-state index contributed by atoms with van der Waals surface area (Å²) in [5.41, 5.74) is 0.761. The van der Waals surface area contributed by atoms with Gasteiger partial charge in [0.15, 0.2) is 4.34 Å². The monoisotopic (exact) mass is 364 g/mol. The fraction of sp³-hybridized carbons (Fsp3) is 0.333. The molecule has 0 spiro atoms. The van der Waals surface area contributed by atoms with Crippen molar-refractivity contribution in [2.24, 2.45) is 5.92 Å². The van der Waals surface area contributed by atoms with E-state index in [1.165, 1.54) is 23.1 Å². The fourth-order valence-corrected chi connectivity index (χ4v) is 3.62. The van der Waals surface area contributed by atoms with Crippen LogP contribution in [0.5, 0.6) is 5.75 Å². The van der Waals surface area contributed by atoms with Gasteiger partial charge in [0, 0.05) is 18.7 Å². The molecular formula is C15H16N4O3S2. The Bertz CT molecular complexity index is 747. The number of nitrogens with one attached hydrogen (secondary N) is 1. The minimum Gasteiger partial charge on any atom is -0.497 e. The van der Waals surface area contributed by atoms with E-state index in [1.807, 2.05) is 18.4 Å². The molecule has 1 aromatic heterocycles. The summed E-state index contributed by atoms with van der Waals surface area (Å²) >= 11 is 2.79. The van der Waals surface area contributed by atoms with Crippen molar-refractivity contribution in [3.63, 3.8) is 0 Å². The molecule has 0 aliphatic carbocycles. The number of thioether (sulfide) groups is 1. The Morgan fingerprint density at radius 2 is 2.12 bits per heavy atom. The second-order valence-electron chi connectivity index (χ2n) is 5.17. The van der Waals surface area contributed by atoms with Gasteiger partial charge < -0.3 is 15.0 Å². The summed E-state index contributed by atoms with van der Waals surface area (Å²) in [5.74, 6) is 0.0485. The molecule has 9 heteroatoms. The Morgan fingerprint density at radius 3 is 2.75 bits per heavy atom. The molecule has 1 saturated heterocycles. The van der Waals surface area contributed by atoms with Gasteiger partial charge in [-0.2, -0.15) is 0 Å². The number of nitrogens with zero attached hydrogens (tertiary/aromatic N) is 3. The predicted molar refractivity (Wildman–Crippen MR) is 93.8 cm³/mol. The lowest BCUT2D eigenvalue weighted by molar-refractivity contribution is -0.122. The van der Waals surface area contributed by atoms with Crippen molar-refractivity contribution in [2.75, 3.05) is 30.1 Å². The van der Waals surface area contributed by atoms with E-state index in [1.54, 1.807) is 24.1 Å². The third-order valence-electron chi connectivity index (χ3n) is 3.69. The summed E-state index contributed by atoms with van der Waals surface area (Å²) in [6.45, 7) is 0.352. The van der Waals surface area contributed by atoms with Crippen molar-refractivity contribution in [3.05, 3.63) is 24.3 Å². The highest BCUT2D eigenvalue weighted by Crippen LogP contribution is 2.28. The highest BCUT2D eigenvalue weighted by atomic mass is 32.2. The first-order valence-corrected chi connectivity index (χ1v) is 9.27. The first-order chi connectivity index (χ1) is 11.6. The number of methoxy groups -OCH3 is 1. The number of amides is 2. The van der Waals surface area contributed by atoms with Crippen LogP contribution in [0.4, 0.5) is 10.8 Å². The maximum absolute atomic E-state index is 12.4. The van der Waals surface area contributed by atoms with Crippen LogP contribution in [0.3, 0.4) is 0 Å². The van der Waals surface area contributed by atoms with Crippen LogP contribution in [0.15, 0.2) is 28.6 Å². The van der Waals surface area contributed by atoms with Crippen LogP contribution in [-0.4, -0.2) is 41.9 Å². The molecule has 2 heterocycles. The van der Waals surface area contributed by atoms with E-state index in [0.29, 0.717) is 11.7 Å². The maximum atomic E-state index is 12.4. The van der Waals surface area contributed by atoms with Crippen LogP contribution in [0.25, 0.3) is 0 Å². The Kier molecular flexibility index (Phi) is 5.00. The van der Waals surface area contributed by atoms with Gasteiger partial charge in [0.1, 0.15) is 5.75 Å². The third-order valence-corrected chi connectivity index (χ3v) is 5.51. The molecule has 3 rings (SSSR count). The summed E-state index contributed by atoms with van der Waals surface area (Å²) in [5, 5.41) is 11.1. The molecule has 126 valence electrons. The number of aromatic nitrogens is 2. The molecule has 0 bridgehead atoms. The van der Waals surface area contributed by atoms with Gasteiger partial charge in [-0.15, -0.1) is 10.2 Å². The topological polar surface area (TPSA) is 84.4 Å². The summed E-state index contributed by atoms with van der Waals surface area (Å²) in [6, 6.07) is 7.21. The van der Waals surface area contributed by atoms with Crippen molar-refractivity contribution >= 4 is 45.7 Å². The van der Waals surface area contributed by atoms with E-state index in [4.69, 9.17) is 4.74 Å². The van der Waals surface area contributed by atoms with Gasteiger partial charge in [0.05, 0.1) is 13.0 Å². The molecule has 0 radical (unpaired) electrons. The molecule has 1 fully saturated rings. The molecule has 0 unspecified atom stereocenters. The molecule has 2 aromatic rings. The number of carbonyl (C=O) groups excluding carboxylic acids is 2. The van der Waals surface area contributed by atoms with E-state index in [0.717, 1.165) is 15.8 Å².